The molecule has 0 saturated carbocycles. The molecule has 0 radical (unpaired) electrons. The molecule has 1 aromatic carbocycles. The summed E-state index contributed by atoms with van der Waals surface area (Å²) in [5.41, 5.74) is 6.87. The summed E-state index contributed by atoms with van der Waals surface area (Å²) in [5.74, 6) is 0.145. The average Bonchev–Trinajstić information content (AvgIpc) is 2.52. The fraction of sp³-hybridized carbons (Fsp3) is 0.438. The first-order chi connectivity index (χ1) is 10.5. The highest BCUT2D eigenvalue weighted by molar-refractivity contribution is 5.77. The van der Waals surface area contributed by atoms with Crippen LogP contribution in [-0.4, -0.2) is 60.6 Å². The van der Waals surface area contributed by atoms with Crippen LogP contribution in [0.25, 0.3) is 5.70 Å². The first kappa shape index (κ1) is 16.3. The van der Waals surface area contributed by atoms with E-state index in [0.717, 1.165) is 38.3 Å². The standard InChI is InChI=1S/C16H24N4O2/c1-13(14-3-5-15(21)6-4-14)17-18-16(22)7-8-20-11-9-19(2)10-12-20/h3-6,17,21H,1,7-12H2,2H3,(H,18,22). The van der Waals surface area contributed by atoms with Gasteiger partial charge in [-0.25, -0.2) is 0 Å². The number of nitrogens with zero attached hydrogens (tertiary/aromatic N) is 2. The number of hydrogen-bond donors (Lipinski definition) is 3. The number of hydrogen-bond acceptors (Lipinski definition) is 5. The number of carbonyl (C=O) groups is 1. The molecule has 1 saturated heterocycles. The van der Waals surface area contributed by atoms with Gasteiger partial charge in [0.2, 0.25) is 5.91 Å². The van der Waals surface area contributed by atoms with Crippen molar-refractivity contribution >= 4 is 11.6 Å². The lowest BCUT2D eigenvalue weighted by Gasteiger charge is -2.32. The summed E-state index contributed by atoms with van der Waals surface area (Å²) in [6.45, 7) is 8.76. The molecular weight excluding hydrogens is 280 g/mol. The number of phenolic OH excluding ortho intramolecular Hbond substituents is 1. The summed E-state index contributed by atoms with van der Waals surface area (Å²) < 4.78 is 0. The molecule has 0 bridgehead atoms. The van der Waals surface area contributed by atoms with Crippen molar-refractivity contribution in [1.82, 2.24) is 20.7 Å². The normalized spacial score (nSPS) is 16.2. The van der Waals surface area contributed by atoms with Crippen LogP contribution in [0.1, 0.15) is 12.0 Å². The molecule has 1 amide bonds. The zero-order chi connectivity index (χ0) is 15.9. The molecule has 0 aromatic heterocycles. The second-order valence-corrected chi connectivity index (χ2v) is 5.59. The second-order valence-electron chi connectivity index (χ2n) is 5.59. The summed E-state index contributed by atoms with van der Waals surface area (Å²) in [7, 11) is 2.11. The summed E-state index contributed by atoms with van der Waals surface area (Å²) in [4.78, 5) is 16.4. The van der Waals surface area contributed by atoms with Crippen molar-refractivity contribution in [3.8, 4) is 5.75 Å². The molecule has 0 aliphatic carbocycles. The van der Waals surface area contributed by atoms with Crippen molar-refractivity contribution in [2.24, 2.45) is 0 Å². The highest BCUT2D eigenvalue weighted by atomic mass is 16.3. The van der Waals surface area contributed by atoms with Crippen molar-refractivity contribution in [3.63, 3.8) is 0 Å². The van der Waals surface area contributed by atoms with Gasteiger partial charge in [-0.2, -0.15) is 0 Å². The van der Waals surface area contributed by atoms with Gasteiger partial charge in [0.25, 0.3) is 0 Å². The maximum Gasteiger partial charge on any atom is 0.239 e. The Kier molecular flexibility index (Phi) is 5.80. The highest BCUT2D eigenvalue weighted by Crippen LogP contribution is 2.13. The Labute approximate surface area is 131 Å². The van der Waals surface area contributed by atoms with E-state index in [0.29, 0.717) is 12.1 Å². The molecule has 1 aliphatic rings. The predicted molar refractivity (Wildman–Crippen MR) is 87.0 cm³/mol. The van der Waals surface area contributed by atoms with Crippen LogP contribution in [0.2, 0.25) is 0 Å². The lowest BCUT2D eigenvalue weighted by atomic mass is 10.2. The van der Waals surface area contributed by atoms with Crippen molar-refractivity contribution in [1.29, 1.82) is 0 Å². The summed E-state index contributed by atoms with van der Waals surface area (Å²) in [6, 6.07) is 6.64. The SMILES string of the molecule is C=C(NNC(=O)CCN1CCN(C)CC1)c1ccc(O)cc1. The number of hydrazine groups is 1. The van der Waals surface area contributed by atoms with E-state index < -0.39 is 0 Å². The monoisotopic (exact) mass is 304 g/mol. The Balaban J connectivity index is 1.67. The van der Waals surface area contributed by atoms with E-state index in [1.807, 2.05) is 0 Å². The van der Waals surface area contributed by atoms with E-state index in [9.17, 15) is 9.90 Å². The number of phenols is 1. The number of piperazine rings is 1. The van der Waals surface area contributed by atoms with E-state index in [-0.39, 0.29) is 11.7 Å². The first-order valence-corrected chi connectivity index (χ1v) is 7.48. The van der Waals surface area contributed by atoms with Gasteiger partial charge in [0.15, 0.2) is 0 Å². The molecule has 22 heavy (non-hydrogen) atoms. The van der Waals surface area contributed by atoms with Gasteiger partial charge in [0.1, 0.15) is 5.75 Å². The highest BCUT2D eigenvalue weighted by Gasteiger charge is 2.14. The minimum absolute atomic E-state index is 0.0566. The Morgan fingerprint density at radius 2 is 1.82 bits per heavy atom. The third-order valence-corrected chi connectivity index (χ3v) is 3.82. The molecule has 1 aromatic rings. The van der Waals surface area contributed by atoms with Crippen molar-refractivity contribution in [2.45, 2.75) is 6.42 Å². The predicted octanol–water partition coefficient (Wildman–Crippen LogP) is 0.621. The molecule has 2 rings (SSSR count). The number of benzene rings is 1. The number of nitrogens with one attached hydrogen (secondary N) is 2. The molecule has 1 aliphatic heterocycles. The molecular formula is C16H24N4O2. The molecule has 0 spiro atoms. The molecule has 1 heterocycles. The smallest absolute Gasteiger partial charge is 0.239 e. The molecule has 0 unspecified atom stereocenters. The van der Waals surface area contributed by atoms with Crippen LogP contribution in [0.5, 0.6) is 5.75 Å². The number of likely N-dealkylation sites (N-methyl/N-ethyl adjacent to an activating group) is 1. The lowest BCUT2D eigenvalue weighted by molar-refractivity contribution is -0.122. The van der Waals surface area contributed by atoms with Crippen molar-refractivity contribution in [3.05, 3.63) is 36.4 Å². The van der Waals surface area contributed by atoms with Crippen molar-refractivity contribution in [2.75, 3.05) is 39.8 Å². The van der Waals surface area contributed by atoms with Crippen LogP contribution in [0.3, 0.4) is 0 Å². The Morgan fingerprint density at radius 3 is 2.45 bits per heavy atom. The molecule has 0 atom stereocenters. The maximum atomic E-state index is 11.8. The van der Waals surface area contributed by atoms with Crippen LogP contribution in [-0.2, 0) is 4.79 Å². The Bertz CT molecular complexity index is 507. The number of amides is 1. The Morgan fingerprint density at radius 1 is 1.18 bits per heavy atom. The first-order valence-electron chi connectivity index (χ1n) is 7.48. The third-order valence-electron chi connectivity index (χ3n) is 3.82. The van der Waals surface area contributed by atoms with Crippen LogP contribution in [0.15, 0.2) is 30.8 Å². The molecule has 3 N–H and O–H groups in total. The maximum absolute atomic E-state index is 11.8. The molecule has 1 fully saturated rings. The summed E-state index contributed by atoms with van der Waals surface area (Å²) in [5, 5.41) is 9.24. The summed E-state index contributed by atoms with van der Waals surface area (Å²) in [6.07, 6.45) is 0.458. The quantitative estimate of drug-likeness (QED) is 0.672. The average molecular weight is 304 g/mol. The van der Waals surface area contributed by atoms with Gasteiger partial charge in [0, 0.05) is 39.1 Å². The van der Waals surface area contributed by atoms with Crippen LogP contribution in [0.4, 0.5) is 0 Å². The van der Waals surface area contributed by atoms with Gasteiger partial charge in [-0.1, -0.05) is 6.58 Å². The van der Waals surface area contributed by atoms with E-state index >= 15 is 0 Å². The van der Waals surface area contributed by atoms with Gasteiger partial charge in [0.05, 0.1) is 5.70 Å². The molecule has 120 valence electrons. The van der Waals surface area contributed by atoms with Gasteiger partial charge in [-0.15, -0.1) is 0 Å². The minimum Gasteiger partial charge on any atom is -0.508 e. The van der Waals surface area contributed by atoms with Crippen LogP contribution in [0, 0.1) is 0 Å². The van der Waals surface area contributed by atoms with Gasteiger partial charge in [-0.05, 0) is 36.9 Å². The van der Waals surface area contributed by atoms with Gasteiger partial charge in [-0.3, -0.25) is 15.6 Å². The largest absolute Gasteiger partial charge is 0.508 e. The second kappa shape index (κ2) is 7.82. The number of aromatic hydroxyl groups is 1. The Hall–Kier alpha value is -2.05. The van der Waals surface area contributed by atoms with E-state index in [2.05, 4.69) is 34.3 Å². The van der Waals surface area contributed by atoms with Crippen molar-refractivity contribution < 1.29 is 9.90 Å². The van der Waals surface area contributed by atoms with E-state index in [1.54, 1.807) is 24.3 Å². The fourth-order valence-electron chi connectivity index (χ4n) is 2.27. The zero-order valence-corrected chi connectivity index (χ0v) is 13.0. The van der Waals surface area contributed by atoms with E-state index in [4.69, 9.17) is 0 Å². The third kappa shape index (κ3) is 5.05. The topological polar surface area (TPSA) is 67.8 Å². The van der Waals surface area contributed by atoms with Crippen LogP contribution < -0.4 is 10.9 Å². The van der Waals surface area contributed by atoms with E-state index in [1.165, 1.54) is 0 Å². The number of carbonyl (C=O) groups excluding carboxylic acids is 1. The fourth-order valence-corrected chi connectivity index (χ4v) is 2.27. The van der Waals surface area contributed by atoms with Gasteiger partial charge >= 0.3 is 0 Å². The summed E-state index contributed by atoms with van der Waals surface area (Å²) >= 11 is 0. The van der Waals surface area contributed by atoms with Gasteiger partial charge < -0.3 is 14.9 Å². The van der Waals surface area contributed by atoms with Crippen LogP contribution >= 0.6 is 0 Å². The molecule has 6 heteroatoms. The molecule has 6 nitrogen and oxygen atoms in total. The zero-order valence-electron chi connectivity index (χ0n) is 13.0. The lowest BCUT2D eigenvalue weighted by Crippen LogP contribution is -2.46. The minimum atomic E-state index is -0.0566. The number of rotatable bonds is 6.